The Hall–Kier alpha value is -3.19. The zero-order valence-corrected chi connectivity index (χ0v) is 17.0. The van der Waals surface area contributed by atoms with Gasteiger partial charge in [-0.2, -0.15) is 0 Å². The Balaban J connectivity index is 1.93. The molecule has 0 saturated carbocycles. The van der Waals surface area contributed by atoms with Crippen molar-refractivity contribution < 1.29 is 19.2 Å². The fraction of sp³-hybridized carbons (Fsp3) is 0.348. The number of imide groups is 1. The number of amides is 4. The standard InChI is InChI=1S/C23H27N3O4/c1-2-3-14-23(21(28)24-22(29)25-23)20(15-18-10-6-4-7-11-18)26(17-27)30-16-19-12-8-5-9-13-19/h4-13,17,20H,2-3,14-16H2,1H3,(H2,24,25,28,29)/t20?,23-/m0/s1. The van der Waals surface area contributed by atoms with Gasteiger partial charge in [0.1, 0.15) is 12.1 Å². The average Bonchev–Trinajstić information content (AvgIpc) is 3.07. The molecule has 1 fully saturated rings. The van der Waals surface area contributed by atoms with Crippen LogP contribution in [0, 0.1) is 0 Å². The molecule has 0 bridgehead atoms. The summed E-state index contributed by atoms with van der Waals surface area (Å²) < 4.78 is 0. The van der Waals surface area contributed by atoms with E-state index in [1.165, 1.54) is 5.06 Å². The van der Waals surface area contributed by atoms with Crippen LogP contribution < -0.4 is 10.6 Å². The van der Waals surface area contributed by atoms with E-state index in [2.05, 4.69) is 10.6 Å². The van der Waals surface area contributed by atoms with Crippen LogP contribution in [0.2, 0.25) is 0 Å². The lowest BCUT2D eigenvalue weighted by Gasteiger charge is -2.39. The summed E-state index contributed by atoms with van der Waals surface area (Å²) in [7, 11) is 0. The van der Waals surface area contributed by atoms with Gasteiger partial charge in [0.05, 0.1) is 6.04 Å². The van der Waals surface area contributed by atoms with Crippen molar-refractivity contribution in [1.29, 1.82) is 0 Å². The fourth-order valence-electron chi connectivity index (χ4n) is 3.77. The van der Waals surface area contributed by atoms with E-state index < -0.39 is 23.5 Å². The van der Waals surface area contributed by atoms with E-state index in [0.717, 1.165) is 17.5 Å². The summed E-state index contributed by atoms with van der Waals surface area (Å²) in [5.74, 6) is -0.433. The molecule has 1 heterocycles. The van der Waals surface area contributed by atoms with Crippen molar-refractivity contribution in [2.75, 3.05) is 0 Å². The topological polar surface area (TPSA) is 87.7 Å². The van der Waals surface area contributed by atoms with Gasteiger partial charge in [-0.05, 0) is 24.0 Å². The summed E-state index contributed by atoms with van der Waals surface area (Å²) in [5, 5.41) is 6.34. The molecule has 1 unspecified atom stereocenters. The van der Waals surface area contributed by atoms with Gasteiger partial charge in [0.25, 0.3) is 5.91 Å². The number of nitrogens with one attached hydrogen (secondary N) is 2. The first kappa shape index (κ1) is 21.5. The fourth-order valence-corrected chi connectivity index (χ4v) is 3.77. The third kappa shape index (κ3) is 4.86. The predicted octanol–water partition coefficient (Wildman–Crippen LogP) is 2.96. The molecule has 7 heteroatoms. The second kappa shape index (κ2) is 10.0. The van der Waals surface area contributed by atoms with Gasteiger partial charge in [-0.3, -0.25) is 19.7 Å². The van der Waals surface area contributed by atoms with E-state index in [4.69, 9.17) is 4.84 Å². The molecule has 0 spiro atoms. The van der Waals surface area contributed by atoms with E-state index in [0.29, 0.717) is 25.7 Å². The summed E-state index contributed by atoms with van der Waals surface area (Å²) in [6, 6.07) is 17.8. The molecule has 7 nitrogen and oxygen atoms in total. The summed E-state index contributed by atoms with van der Waals surface area (Å²) >= 11 is 0. The number of benzene rings is 2. The third-order valence-electron chi connectivity index (χ3n) is 5.37. The average molecular weight is 409 g/mol. The molecule has 1 aliphatic rings. The van der Waals surface area contributed by atoms with Gasteiger partial charge in [-0.25, -0.2) is 9.86 Å². The molecule has 0 radical (unpaired) electrons. The number of nitrogens with zero attached hydrogens (tertiary/aromatic N) is 1. The van der Waals surface area contributed by atoms with Crippen LogP contribution in [0.5, 0.6) is 0 Å². The molecule has 1 aliphatic heterocycles. The molecule has 3 rings (SSSR count). The number of hydroxylamine groups is 2. The normalized spacial score (nSPS) is 19.1. The second-order valence-electron chi connectivity index (χ2n) is 7.41. The molecule has 2 aromatic carbocycles. The van der Waals surface area contributed by atoms with E-state index >= 15 is 0 Å². The summed E-state index contributed by atoms with van der Waals surface area (Å²) in [6.45, 7) is 2.18. The predicted molar refractivity (Wildman–Crippen MR) is 112 cm³/mol. The summed E-state index contributed by atoms with van der Waals surface area (Å²) in [6.07, 6.45) is 2.89. The van der Waals surface area contributed by atoms with Crippen molar-refractivity contribution in [2.24, 2.45) is 0 Å². The van der Waals surface area contributed by atoms with Crippen LogP contribution in [0.1, 0.15) is 37.3 Å². The first-order valence-electron chi connectivity index (χ1n) is 10.2. The van der Waals surface area contributed by atoms with Gasteiger partial charge in [-0.1, -0.05) is 80.4 Å². The highest BCUT2D eigenvalue weighted by Gasteiger charge is 2.54. The minimum Gasteiger partial charge on any atom is -0.321 e. The first-order chi connectivity index (χ1) is 14.6. The first-order valence-corrected chi connectivity index (χ1v) is 10.2. The van der Waals surface area contributed by atoms with Gasteiger partial charge < -0.3 is 5.32 Å². The van der Waals surface area contributed by atoms with Gasteiger partial charge >= 0.3 is 6.03 Å². The van der Waals surface area contributed by atoms with Crippen LogP contribution in [-0.2, 0) is 27.5 Å². The molecule has 2 N–H and O–H groups in total. The Morgan fingerprint density at radius 2 is 1.67 bits per heavy atom. The minimum absolute atomic E-state index is 0.171. The Kier molecular flexibility index (Phi) is 7.19. The van der Waals surface area contributed by atoms with E-state index in [9.17, 15) is 14.4 Å². The molecule has 0 aliphatic carbocycles. The van der Waals surface area contributed by atoms with Gasteiger partial charge in [0.2, 0.25) is 6.41 Å². The summed E-state index contributed by atoms with van der Waals surface area (Å²) in [5.41, 5.74) is 0.563. The van der Waals surface area contributed by atoms with Crippen molar-refractivity contribution in [1.82, 2.24) is 15.7 Å². The Morgan fingerprint density at radius 1 is 1.03 bits per heavy atom. The van der Waals surface area contributed by atoms with E-state index in [1.54, 1.807) is 0 Å². The number of rotatable bonds is 11. The molecular weight excluding hydrogens is 382 g/mol. The zero-order valence-electron chi connectivity index (χ0n) is 17.0. The lowest BCUT2D eigenvalue weighted by atomic mass is 9.81. The third-order valence-corrected chi connectivity index (χ3v) is 5.37. The van der Waals surface area contributed by atoms with Crippen LogP contribution in [0.3, 0.4) is 0 Å². The molecule has 0 aromatic heterocycles. The van der Waals surface area contributed by atoms with Gasteiger partial charge in [0, 0.05) is 0 Å². The van der Waals surface area contributed by atoms with Gasteiger partial charge in [-0.15, -0.1) is 0 Å². The maximum Gasteiger partial charge on any atom is 0.322 e. The van der Waals surface area contributed by atoms with Crippen LogP contribution >= 0.6 is 0 Å². The number of urea groups is 1. The number of hydrogen-bond acceptors (Lipinski definition) is 4. The highest BCUT2D eigenvalue weighted by atomic mass is 16.7. The van der Waals surface area contributed by atoms with E-state index in [-0.39, 0.29) is 6.61 Å². The van der Waals surface area contributed by atoms with Crippen molar-refractivity contribution in [2.45, 2.75) is 50.8 Å². The van der Waals surface area contributed by atoms with Crippen molar-refractivity contribution in [3.8, 4) is 0 Å². The number of hydrogen-bond donors (Lipinski definition) is 2. The number of unbranched alkanes of at least 4 members (excludes halogenated alkanes) is 1. The number of carbonyl (C=O) groups excluding carboxylic acids is 3. The van der Waals surface area contributed by atoms with Crippen molar-refractivity contribution >= 4 is 18.3 Å². The molecule has 2 aromatic rings. The molecule has 4 amide bonds. The maximum absolute atomic E-state index is 12.9. The Morgan fingerprint density at radius 3 is 2.20 bits per heavy atom. The number of carbonyl (C=O) groups is 3. The SMILES string of the molecule is CCCC[C@@]1(C(Cc2ccccc2)N(C=O)OCc2ccccc2)NC(=O)NC1=O. The lowest BCUT2D eigenvalue weighted by Crippen LogP contribution is -2.63. The van der Waals surface area contributed by atoms with Crippen molar-refractivity contribution in [3.05, 3.63) is 71.8 Å². The summed E-state index contributed by atoms with van der Waals surface area (Å²) in [4.78, 5) is 43.0. The molecule has 1 saturated heterocycles. The molecule has 30 heavy (non-hydrogen) atoms. The molecule has 158 valence electrons. The second-order valence-corrected chi connectivity index (χ2v) is 7.41. The van der Waals surface area contributed by atoms with Crippen LogP contribution in [0.25, 0.3) is 0 Å². The minimum atomic E-state index is -1.26. The van der Waals surface area contributed by atoms with Crippen LogP contribution in [0.15, 0.2) is 60.7 Å². The van der Waals surface area contributed by atoms with Gasteiger partial charge in [0.15, 0.2) is 0 Å². The van der Waals surface area contributed by atoms with Crippen LogP contribution in [-0.4, -0.2) is 35.0 Å². The van der Waals surface area contributed by atoms with Crippen LogP contribution in [0.4, 0.5) is 4.79 Å². The highest BCUT2D eigenvalue weighted by molar-refractivity contribution is 6.07. The smallest absolute Gasteiger partial charge is 0.321 e. The molecule has 2 atom stereocenters. The zero-order chi connectivity index (χ0) is 21.4. The largest absolute Gasteiger partial charge is 0.322 e. The monoisotopic (exact) mass is 409 g/mol. The van der Waals surface area contributed by atoms with Crippen molar-refractivity contribution in [3.63, 3.8) is 0 Å². The van der Waals surface area contributed by atoms with E-state index in [1.807, 2.05) is 67.6 Å². The maximum atomic E-state index is 12.9. The molecular formula is C23H27N3O4. The lowest BCUT2D eigenvalue weighted by molar-refractivity contribution is -0.202. The Labute approximate surface area is 176 Å². The Bertz CT molecular complexity index is 859. The quantitative estimate of drug-likeness (QED) is 0.339. The highest BCUT2D eigenvalue weighted by Crippen LogP contribution is 2.29.